The van der Waals surface area contributed by atoms with Gasteiger partial charge in [-0.2, -0.15) is 0 Å². The van der Waals surface area contributed by atoms with E-state index in [1.807, 2.05) is 4.90 Å². The Kier molecular flexibility index (Phi) is 8.88. The minimum Gasteiger partial charge on any atom is -0.380 e. The van der Waals surface area contributed by atoms with Crippen LogP contribution in [0.5, 0.6) is 0 Å². The van der Waals surface area contributed by atoms with Crippen LogP contribution in [0.25, 0.3) is 0 Å². The molecule has 5 nitrogen and oxygen atoms in total. The fraction of sp³-hybridized carbons (Fsp3) is 0.938. The van der Waals surface area contributed by atoms with Crippen LogP contribution in [0.2, 0.25) is 0 Å². The summed E-state index contributed by atoms with van der Waals surface area (Å²) in [4.78, 5) is 16.6. The Bertz CT molecular complexity index is 287. The van der Waals surface area contributed by atoms with Crippen LogP contribution in [-0.4, -0.2) is 68.7 Å². The maximum atomic E-state index is 12.2. The van der Waals surface area contributed by atoms with Gasteiger partial charge in [-0.1, -0.05) is 13.3 Å². The van der Waals surface area contributed by atoms with Gasteiger partial charge in [-0.15, -0.1) is 0 Å². The average molecular weight is 299 g/mol. The van der Waals surface area contributed by atoms with E-state index >= 15 is 0 Å². The maximum Gasteiger partial charge on any atom is 0.225 e. The van der Waals surface area contributed by atoms with Crippen molar-refractivity contribution in [1.82, 2.24) is 9.80 Å². The minimum absolute atomic E-state index is 0.143. The van der Waals surface area contributed by atoms with E-state index in [0.717, 1.165) is 38.4 Å². The summed E-state index contributed by atoms with van der Waals surface area (Å²) in [5, 5.41) is 0. The zero-order valence-corrected chi connectivity index (χ0v) is 14.0. The third-order valence-corrected chi connectivity index (χ3v) is 4.43. The van der Waals surface area contributed by atoms with Gasteiger partial charge in [0, 0.05) is 33.3 Å². The first kappa shape index (κ1) is 18.4. The Hall–Kier alpha value is -0.650. The Balaban J connectivity index is 2.26. The lowest BCUT2D eigenvalue weighted by atomic mass is 9.96. The number of hydrogen-bond donors (Lipinski definition) is 1. The summed E-state index contributed by atoms with van der Waals surface area (Å²) in [5.41, 5.74) is 5.58. The quantitative estimate of drug-likeness (QED) is 0.697. The van der Waals surface area contributed by atoms with Crippen molar-refractivity contribution in [2.24, 2.45) is 11.7 Å². The molecular formula is C16H33N3O2. The van der Waals surface area contributed by atoms with Crippen LogP contribution in [0.1, 0.15) is 39.0 Å². The summed E-state index contributed by atoms with van der Waals surface area (Å²) < 4.78 is 5.19. The van der Waals surface area contributed by atoms with Gasteiger partial charge in [0.2, 0.25) is 5.91 Å². The number of methoxy groups -OCH3 is 1. The van der Waals surface area contributed by atoms with E-state index in [4.69, 9.17) is 10.5 Å². The van der Waals surface area contributed by atoms with Gasteiger partial charge in [0.25, 0.3) is 0 Å². The third kappa shape index (κ3) is 6.76. The molecule has 1 aliphatic heterocycles. The second-order valence-corrected chi connectivity index (χ2v) is 6.24. The van der Waals surface area contributed by atoms with Crippen molar-refractivity contribution in [2.45, 2.75) is 45.1 Å². The van der Waals surface area contributed by atoms with Crippen LogP contribution < -0.4 is 5.73 Å². The molecule has 124 valence electrons. The lowest BCUT2D eigenvalue weighted by molar-refractivity contribution is -0.135. The first-order chi connectivity index (χ1) is 10.1. The van der Waals surface area contributed by atoms with Gasteiger partial charge in [0.1, 0.15) is 0 Å². The summed E-state index contributed by atoms with van der Waals surface area (Å²) in [7, 11) is 3.82. The number of unbranched alkanes of at least 4 members (excludes halogenated alkanes) is 1. The van der Waals surface area contributed by atoms with E-state index in [1.54, 1.807) is 7.11 Å². The number of likely N-dealkylation sites (tertiary alicyclic amines) is 1. The summed E-state index contributed by atoms with van der Waals surface area (Å²) in [6.07, 6.45) is 5.01. The van der Waals surface area contributed by atoms with Gasteiger partial charge in [0.15, 0.2) is 0 Å². The zero-order chi connectivity index (χ0) is 15.7. The van der Waals surface area contributed by atoms with Crippen LogP contribution in [0.4, 0.5) is 0 Å². The molecule has 0 aromatic heterocycles. The van der Waals surface area contributed by atoms with Gasteiger partial charge < -0.3 is 20.3 Å². The molecule has 0 spiro atoms. The number of amides is 1. The molecule has 1 rings (SSSR count). The van der Waals surface area contributed by atoms with E-state index < -0.39 is 0 Å². The lowest BCUT2D eigenvalue weighted by Crippen LogP contribution is -2.43. The van der Waals surface area contributed by atoms with Crippen LogP contribution in [0.3, 0.4) is 0 Å². The average Bonchev–Trinajstić information content (AvgIpc) is 2.51. The van der Waals surface area contributed by atoms with E-state index in [1.165, 1.54) is 19.4 Å². The molecule has 0 saturated carbocycles. The molecule has 1 heterocycles. The molecule has 0 radical (unpaired) electrons. The number of hydrogen-bond acceptors (Lipinski definition) is 4. The highest BCUT2D eigenvalue weighted by atomic mass is 16.5. The van der Waals surface area contributed by atoms with Crippen LogP contribution in [0, 0.1) is 5.92 Å². The standard InChI is InChI=1S/C16H33N3O2/c1-4-5-8-18(2)13-14-6-9-19(10-7-14)16(20)11-15(12-17)21-3/h14-15H,4-13,17H2,1-3H3. The summed E-state index contributed by atoms with van der Waals surface area (Å²) in [6, 6.07) is 0. The third-order valence-electron chi connectivity index (χ3n) is 4.43. The number of carbonyl (C=O) groups excluding carboxylic acids is 1. The smallest absolute Gasteiger partial charge is 0.225 e. The predicted octanol–water partition coefficient (Wildman–Crippen LogP) is 1.32. The summed E-state index contributed by atoms with van der Waals surface area (Å²) in [6.45, 7) is 6.74. The van der Waals surface area contributed by atoms with Crippen LogP contribution in [0.15, 0.2) is 0 Å². The molecule has 1 atom stereocenters. The number of nitrogens with zero attached hydrogens (tertiary/aromatic N) is 2. The highest BCUT2D eigenvalue weighted by Gasteiger charge is 2.24. The number of ether oxygens (including phenoxy) is 1. The van der Waals surface area contributed by atoms with Crippen molar-refractivity contribution >= 4 is 5.91 Å². The van der Waals surface area contributed by atoms with Gasteiger partial charge in [-0.3, -0.25) is 4.79 Å². The zero-order valence-electron chi connectivity index (χ0n) is 14.0. The summed E-state index contributed by atoms with van der Waals surface area (Å²) >= 11 is 0. The number of carbonyl (C=O) groups is 1. The first-order valence-corrected chi connectivity index (χ1v) is 8.29. The van der Waals surface area contributed by atoms with Crippen LogP contribution >= 0.6 is 0 Å². The molecule has 0 bridgehead atoms. The van der Waals surface area contributed by atoms with E-state index in [-0.39, 0.29) is 12.0 Å². The van der Waals surface area contributed by atoms with Crippen molar-refractivity contribution < 1.29 is 9.53 Å². The molecule has 2 N–H and O–H groups in total. The number of piperidine rings is 1. The molecule has 1 saturated heterocycles. The Morgan fingerprint density at radius 2 is 2.10 bits per heavy atom. The number of nitrogens with two attached hydrogens (primary N) is 1. The fourth-order valence-corrected chi connectivity index (χ4v) is 2.91. The predicted molar refractivity (Wildman–Crippen MR) is 86.2 cm³/mol. The van der Waals surface area contributed by atoms with E-state index in [2.05, 4.69) is 18.9 Å². The van der Waals surface area contributed by atoms with E-state index in [0.29, 0.717) is 13.0 Å². The van der Waals surface area contributed by atoms with Crippen molar-refractivity contribution in [3.63, 3.8) is 0 Å². The van der Waals surface area contributed by atoms with Gasteiger partial charge >= 0.3 is 0 Å². The lowest BCUT2D eigenvalue weighted by Gasteiger charge is -2.34. The van der Waals surface area contributed by atoms with Gasteiger partial charge in [0.05, 0.1) is 12.5 Å². The van der Waals surface area contributed by atoms with Crippen molar-refractivity contribution in [1.29, 1.82) is 0 Å². The first-order valence-electron chi connectivity index (χ1n) is 8.29. The Morgan fingerprint density at radius 3 is 2.62 bits per heavy atom. The highest BCUT2D eigenvalue weighted by molar-refractivity contribution is 5.76. The molecule has 1 fully saturated rings. The van der Waals surface area contributed by atoms with Crippen LogP contribution in [-0.2, 0) is 9.53 Å². The monoisotopic (exact) mass is 299 g/mol. The molecule has 5 heteroatoms. The largest absolute Gasteiger partial charge is 0.380 e. The Labute approximate surface area is 129 Å². The van der Waals surface area contributed by atoms with E-state index in [9.17, 15) is 4.79 Å². The molecule has 1 unspecified atom stereocenters. The van der Waals surface area contributed by atoms with Crippen molar-refractivity contribution in [3.05, 3.63) is 0 Å². The topological polar surface area (TPSA) is 58.8 Å². The Morgan fingerprint density at radius 1 is 1.43 bits per heavy atom. The molecule has 1 amide bonds. The maximum absolute atomic E-state index is 12.2. The molecule has 0 aliphatic carbocycles. The second kappa shape index (κ2) is 10.1. The second-order valence-electron chi connectivity index (χ2n) is 6.24. The van der Waals surface area contributed by atoms with Gasteiger partial charge in [-0.25, -0.2) is 0 Å². The number of rotatable bonds is 9. The molecular weight excluding hydrogens is 266 g/mol. The normalized spacial score (nSPS) is 18.2. The fourth-order valence-electron chi connectivity index (χ4n) is 2.91. The van der Waals surface area contributed by atoms with Crippen molar-refractivity contribution in [3.8, 4) is 0 Å². The molecule has 0 aromatic rings. The SMILES string of the molecule is CCCCN(C)CC1CCN(C(=O)CC(CN)OC)CC1. The highest BCUT2D eigenvalue weighted by Crippen LogP contribution is 2.19. The molecule has 0 aromatic carbocycles. The summed E-state index contributed by atoms with van der Waals surface area (Å²) in [5.74, 6) is 0.911. The minimum atomic E-state index is -0.143. The van der Waals surface area contributed by atoms with Gasteiger partial charge in [-0.05, 0) is 38.8 Å². The van der Waals surface area contributed by atoms with Crippen molar-refractivity contribution in [2.75, 3.05) is 46.9 Å². The molecule has 21 heavy (non-hydrogen) atoms. The molecule has 1 aliphatic rings.